The molecule has 35 heavy (non-hydrogen) atoms. The van der Waals surface area contributed by atoms with E-state index >= 15 is 0 Å². The average molecular weight is 490 g/mol. The fourth-order valence-electron chi connectivity index (χ4n) is 3.92. The Labute approximate surface area is 201 Å². The van der Waals surface area contributed by atoms with Crippen molar-refractivity contribution in [3.8, 4) is 22.4 Å². The summed E-state index contributed by atoms with van der Waals surface area (Å²) in [7, 11) is 0. The van der Waals surface area contributed by atoms with Gasteiger partial charge >= 0.3 is 5.88 Å². The van der Waals surface area contributed by atoms with Crippen LogP contribution in [0.2, 0.25) is 0 Å². The summed E-state index contributed by atoms with van der Waals surface area (Å²) in [5.74, 6) is -1.98. The molecule has 174 valence electrons. The number of hydrogen-bond donors (Lipinski definition) is 1. The number of anilines is 1. The van der Waals surface area contributed by atoms with E-state index in [9.17, 15) is 13.9 Å². The molecule has 1 aliphatic rings. The van der Waals surface area contributed by atoms with Crippen LogP contribution in [-0.4, -0.2) is 16.2 Å². The molecule has 3 heterocycles. The van der Waals surface area contributed by atoms with Crippen LogP contribution in [0.3, 0.4) is 0 Å². The number of aromatic nitrogens is 3. The molecule has 7 nitrogen and oxygen atoms in total. The molecule has 0 saturated heterocycles. The minimum absolute atomic E-state index is 0.0708. The summed E-state index contributed by atoms with van der Waals surface area (Å²) < 4.78 is 35.3. The highest BCUT2D eigenvalue weighted by atomic mass is 32.1. The third-order valence-electron chi connectivity index (χ3n) is 5.79. The zero-order valence-corrected chi connectivity index (χ0v) is 18.9. The summed E-state index contributed by atoms with van der Waals surface area (Å²) in [5.41, 5.74) is 8.45. The van der Waals surface area contributed by atoms with Gasteiger partial charge in [0.25, 0.3) is 6.20 Å². The lowest BCUT2D eigenvalue weighted by Gasteiger charge is -2.10. The SMILES string of the molecule is Nc1c(/C([O-])=N\c2c[n+](C3CC3)no2)sc2nc(-c3ccccc3)cc(-c3ccc(F)cc3F)c12. The van der Waals surface area contributed by atoms with Crippen LogP contribution in [0.5, 0.6) is 0 Å². The van der Waals surface area contributed by atoms with E-state index < -0.39 is 17.5 Å². The van der Waals surface area contributed by atoms with Crippen LogP contribution in [0, 0.1) is 11.6 Å². The molecule has 0 spiro atoms. The lowest BCUT2D eigenvalue weighted by molar-refractivity contribution is -0.765. The molecule has 0 radical (unpaired) electrons. The Bertz CT molecular complexity index is 1610. The van der Waals surface area contributed by atoms with Crippen LogP contribution in [0.15, 0.2) is 70.3 Å². The molecule has 1 aliphatic carbocycles. The zero-order chi connectivity index (χ0) is 24.1. The maximum atomic E-state index is 14.9. The lowest BCUT2D eigenvalue weighted by atomic mass is 9.99. The Hall–Kier alpha value is -4.18. The molecule has 5 aromatic rings. The first kappa shape index (κ1) is 21.4. The highest BCUT2D eigenvalue weighted by molar-refractivity contribution is 7.21. The first-order valence-corrected chi connectivity index (χ1v) is 11.7. The molecule has 0 aliphatic heterocycles. The molecule has 0 atom stereocenters. The predicted octanol–water partition coefficient (Wildman–Crippen LogP) is 4.54. The van der Waals surface area contributed by atoms with Gasteiger partial charge in [-0.2, -0.15) is 0 Å². The molecule has 6 rings (SSSR count). The topological polar surface area (TPSA) is 104 Å². The number of nitrogens with two attached hydrogens (primary N) is 1. The highest BCUT2D eigenvalue weighted by Gasteiger charge is 2.35. The van der Waals surface area contributed by atoms with Gasteiger partial charge in [-0.1, -0.05) is 30.3 Å². The third-order valence-corrected chi connectivity index (χ3v) is 6.88. The van der Waals surface area contributed by atoms with Gasteiger partial charge in [-0.05, 0) is 28.4 Å². The molecule has 1 saturated carbocycles. The molecule has 2 aromatic carbocycles. The van der Waals surface area contributed by atoms with E-state index in [1.807, 2.05) is 30.3 Å². The van der Waals surface area contributed by atoms with Crippen molar-refractivity contribution in [1.82, 2.24) is 10.3 Å². The maximum Gasteiger partial charge on any atom is 0.320 e. The monoisotopic (exact) mass is 489 g/mol. The Morgan fingerprint density at radius 1 is 1.11 bits per heavy atom. The lowest BCUT2D eigenvalue weighted by Crippen LogP contribution is -2.32. The van der Waals surface area contributed by atoms with Crippen molar-refractivity contribution in [3.63, 3.8) is 0 Å². The average Bonchev–Trinajstić information content (AvgIpc) is 3.51. The Balaban J connectivity index is 1.53. The minimum atomic E-state index is -0.744. The summed E-state index contributed by atoms with van der Waals surface area (Å²) in [6.45, 7) is 0. The molecule has 2 N–H and O–H groups in total. The molecule has 3 aromatic heterocycles. The largest absolute Gasteiger partial charge is 0.857 e. The Morgan fingerprint density at radius 3 is 2.66 bits per heavy atom. The highest BCUT2D eigenvalue weighted by Crippen LogP contribution is 2.42. The van der Waals surface area contributed by atoms with Crippen molar-refractivity contribution in [2.75, 3.05) is 5.73 Å². The molecule has 0 amide bonds. The number of thiophene rings is 1. The van der Waals surface area contributed by atoms with Crippen molar-refractivity contribution in [2.45, 2.75) is 18.9 Å². The van der Waals surface area contributed by atoms with Gasteiger partial charge in [-0.3, -0.25) is 4.52 Å². The summed E-state index contributed by atoms with van der Waals surface area (Å²) in [6, 6.07) is 14.7. The van der Waals surface area contributed by atoms with Gasteiger partial charge in [0.1, 0.15) is 16.5 Å². The van der Waals surface area contributed by atoms with Crippen molar-refractivity contribution in [3.05, 3.63) is 77.3 Å². The number of hydrogen-bond acceptors (Lipinski definition) is 7. The van der Waals surface area contributed by atoms with Crippen LogP contribution in [0.1, 0.15) is 23.8 Å². The molecule has 0 bridgehead atoms. The minimum Gasteiger partial charge on any atom is -0.857 e. The van der Waals surface area contributed by atoms with Gasteiger partial charge in [0.2, 0.25) is 5.27 Å². The normalized spacial score (nSPS) is 14.1. The number of nitrogens with zero attached hydrogens (tertiary/aromatic N) is 4. The molecule has 10 heteroatoms. The molecule has 0 unspecified atom stereocenters. The maximum absolute atomic E-state index is 14.9. The van der Waals surface area contributed by atoms with Gasteiger partial charge in [0.15, 0.2) is 6.04 Å². The second-order valence-electron chi connectivity index (χ2n) is 8.24. The van der Waals surface area contributed by atoms with Crippen molar-refractivity contribution < 1.29 is 23.1 Å². The van der Waals surface area contributed by atoms with Crippen LogP contribution in [0.4, 0.5) is 20.4 Å². The van der Waals surface area contributed by atoms with Crippen molar-refractivity contribution in [2.24, 2.45) is 4.99 Å². The van der Waals surface area contributed by atoms with Gasteiger partial charge < -0.3 is 10.8 Å². The summed E-state index contributed by atoms with van der Waals surface area (Å²) in [4.78, 5) is 9.30. The van der Waals surface area contributed by atoms with Crippen LogP contribution in [-0.2, 0) is 0 Å². The second kappa shape index (κ2) is 8.24. The first-order valence-electron chi connectivity index (χ1n) is 10.9. The smallest absolute Gasteiger partial charge is 0.320 e. The standard InChI is InChI=1S/C25H17F2N5O2S/c26-14-6-9-16(18(27)10-14)17-11-19(13-4-2-1-3-5-13)29-25-21(17)22(28)23(35-25)24(33)30-20-12-32(31-34-20)15-7-8-15/h1-6,9-12,15H,7-8H2,(H2-,28,30,31,33). The van der Waals surface area contributed by atoms with E-state index in [0.717, 1.165) is 35.8 Å². The van der Waals surface area contributed by atoms with Gasteiger partial charge in [-0.15, -0.1) is 11.3 Å². The van der Waals surface area contributed by atoms with E-state index in [2.05, 4.69) is 10.3 Å². The number of pyridine rings is 1. The third kappa shape index (κ3) is 3.91. The van der Waals surface area contributed by atoms with Crippen molar-refractivity contribution in [1.29, 1.82) is 0 Å². The Morgan fingerprint density at radius 2 is 1.91 bits per heavy atom. The molecular weight excluding hydrogens is 472 g/mol. The van der Waals surface area contributed by atoms with E-state index in [1.54, 1.807) is 16.9 Å². The quantitative estimate of drug-likeness (QED) is 0.222. The van der Waals surface area contributed by atoms with E-state index in [4.69, 9.17) is 15.2 Å². The molecule has 1 fully saturated rings. The summed E-state index contributed by atoms with van der Waals surface area (Å²) in [5, 5.41) is 17.3. The number of halogens is 2. The number of aliphatic imine (C=N–C) groups is 1. The van der Waals surface area contributed by atoms with E-state index in [1.165, 1.54) is 12.1 Å². The second-order valence-corrected chi connectivity index (χ2v) is 9.24. The van der Waals surface area contributed by atoms with Gasteiger partial charge in [0, 0.05) is 41.3 Å². The van der Waals surface area contributed by atoms with Crippen LogP contribution in [0.25, 0.3) is 32.6 Å². The first-order chi connectivity index (χ1) is 17.0. The number of fused-ring (bicyclic) bond motifs is 1. The van der Waals surface area contributed by atoms with Gasteiger partial charge in [-0.25, -0.2) is 18.8 Å². The fraction of sp³-hybridized carbons (Fsp3) is 0.120. The Kier molecular flexibility index (Phi) is 5.03. The zero-order valence-electron chi connectivity index (χ0n) is 18.1. The summed E-state index contributed by atoms with van der Waals surface area (Å²) in [6.07, 6.45) is 3.59. The summed E-state index contributed by atoms with van der Waals surface area (Å²) >= 11 is 1.06. The predicted molar refractivity (Wildman–Crippen MR) is 126 cm³/mol. The fourth-order valence-corrected chi connectivity index (χ4v) is 4.92. The number of benzene rings is 2. The molecular formula is C25H17F2N5O2S. The van der Waals surface area contributed by atoms with E-state index in [-0.39, 0.29) is 28.1 Å². The van der Waals surface area contributed by atoms with Crippen molar-refractivity contribution >= 4 is 39.0 Å². The van der Waals surface area contributed by atoms with Gasteiger partial charge in [0.05, 0.1) is 16.3 Å². The number of nitrogen functional groups attached to an aromatic ring is 1. The van der Waals surface area contributed by atoms with Crippen LogP contribution >= 0.6 is 11.3 Å². The van der Waals surface area contributed by atoms with Crippen LogP contribution < -0.4 is 15.5 Å². The van der Waals surface area contributed by atoms with E-state index in [0.29, 0.717) is 21.5 Å². The number of rotatable bonds is 5.